The van der Waals surface area contributed by atoms with Gasteiger partial charge in [0.1, 0.15) is 11.5 Å². The Labute approximate surface area is 101 Å². The topological polar surface area (TPSA) is 34.2 Å². The van der Waals surface area contributed by atoms with Gasteiger partial charge in [0.2, 0.25) is 0 Å². The lowest BCUT2D eigenvalue weighted by atomic mass is 10.1. The Kier molecular flexibility index (Phi) is 3.28. The Balaban J connectivity index is 2.28. The zero-order valence-electron chi connectivity index (χ0n) is 10.3. The molecule has 0 unspecified atom stereocenters. The molecule has 2 aromatic rings. The van der Waals surface area contributed by atoms with Crippen molar-refractivity contribution in [3.05, 3.63) is 47.8 Å². The molecule has 1 aromatic heterocycles. The van der Waals surface area contributed by atoms with Crippen LogP contribution in [0.5, 0.6) is 11.5 Å². The number of pyridine rings is 1. The summed E-state index contributed by atoms with van der Waals surface area (Å²) in [7, 11) is 1.86. The van der Waals surface area contributed by atoms with Gasteiger partial charge in [-0.25, -0.2) is 0 Å². The average Bonchev–Trinajstić information content (AvgIpc) is 2.35. The van der Waals surface area contributed by atoms with Gasteiger partial charge in [0.15, 0.2) is 0 Å². The fourth-order valence-corrected chi connectivity index (χ4v) is 1.57. The average molecular weight is 228 g/mol. The molecule has 88 valence electrons. The van der Waals surface area contributed by atoms with Gasteiger partial charge in [-0.05, 0) is 31.0 Å². The summed E-state index contributed by atoms with van der Waals surface area (Å²) >= 11 is 0. The molecule has 1 aromatic carbocycles. The van der Waals surface area contributed by atoms with Gasteiger partial charge in [0.05, 0.1) is 18.1 Å². The summed E-state index contributed by atoms with van der Waals surface area (Å²) in [5.74, 6) is 1.62. The summed E-state index contributed by atoms with van der Waals surface area (Å²) in [5, 5.41) is 3.04. The second-order valence-electron chi connectivity index (χ2n) is 3.96. The van der Waals surface area contributed by atoms with Crippen LogP contribution in [0.3, 0.4) is 0 Å². The van der Waals surface area contributed by atoms with E-state index in [0.29, 0.717) is 0 Å². The molecule has 2 rings (SSSR count). The van der Waals surface area contributed by atoms with Gasteiger partial charge in [-0.3, -0.25) is 4.98 Å². The van der Waals surface area contributed by atoms with Crippen LogP contribution in [0, 0.1) is 13.8 Å². The van der Waals surface area contributed by atoms with Crippen molar-refractivity contribution in [1.82, 2.24) is 4.98 Å². The lowest BCUT2D eigenvalue weighted by molar-refractivity contribution is 0.476. The summed E-state index contributed by atoms with van der Waals surface area (Å²) in [4.78, 5) is 4.12. The van der Waals surface area contributed by atoms with Gasteiger partial charge < -0.3 is 10.1 Å². The summed E-state index contributed by atoms with van der Waals surface area (Å²) in [6.45, 7) is 4.13. The Morgan fingerprint density at radius 2 is 2.00 bits per heavy atom. The molecule has 0 saturated carbocycles. The number of aromatic nitrogens is 1. The Morgan fingerprint density at radius 1 is 1.18 bits per heavy atom. The number of anilines is 1. The maximum Gasteiger partial charge on any atom is 0.147 e. The second-order valence-corrected chi connectivity index (χ2v) is 3.96. The Hall–Kier alpha value is -2.03. The highest BCUT2D eigenvalue weighted by Gasteiger charge is 2.04. The SMILES string of the molecule is CNc1cncc(Oc2cccc(C)c2C)c1. The van der Waals surface area contributed by atoms with Crippen molar-refractivity contribution in [3.8, 4) is 11.5 Å². The highest BCUT2D eigenvalue weighted by Crippen LogP contribution is 2.27. The van der Waals surface area contributed by atoms with Gasteiger partial charge in [-0.15, -0.1) is 0 Å². The number of aryl methyl sites for hydroxylation is 1. The van der Waals surface area contributed by atoms with E-state index in [0.717, 1.165) is 22.7 Å². The van der Waals surface area contributed by atoms with Crippen LogP contribution < -0.4 is 10.1 Å². The minimum Gasteiger partial charge on any atom is -0.455 e. The van der Waals surface area contributed by atoms with E-state index in [-0.39, 0.29) is 0 Å². The Morgan fingerprint density at radius 3 is 2.76 bits per heavy atom. The maximum absolute atomic E-state index is 5.83. The first-order valence-electron chi connectivity index (χ1n) is 5.57. The summed E-state index contributed by atoms with van der Waals surface area (Å²) < 4.78 is 5.83. The molecular weight excluding hydrogens is 212 g/mol. The maximum atomic E-state index is 5.83. The van der Waals surface area contributed by atoms with Crippen molar-refractivity contribution in [2.45, 2.75) is 13.8 Å². The minimum absolute atomic E-state index is 0.741. The van der Waals surface area contributed by atoms with Gasteiger partial charge >= 0.3 is 0 Å². The lowest BCUT2D eigenvalue weighted by Gasteiger charge is -2.10. The van der Waals surface area contributed by atoms with E-state index < -0.39 is 0 Å². The monoisotopic (exact) mass is 228 g/mol. The molecule has 3 nitrogen and oxygen atoms in total. The quantitative estimate of drug-likeness (QED) is 0.872. The second kappa shape index (κ2) is 4.87. The fraction of sp³-hybridized carbons (Fsp3) is 0.214. The van der Waals surface area contributed by atoms with Crippen molar-refractivity contribution >= 4 is 5.69 Å². The van der Waals surface area contributed by atoms with Crippen molar-refractivity contribution in [2.75, 3.05) is 12.4 Å². The fourth-order valence-electron chi connectivity index (χ4n) is 1.57. The molecule has 0 spiro atoms. The number of benzene rings is 1. The van der Waals surface area contributed by atoms with E-state index in [1.54, 1.807) is 12.4 Å². The van der Waals surface area contributed by atoms with Crippen LogP contribution in [0.1, 0.15) is 11.1 Å². The van der Waals surface area contributed by atoms with Gasteiger partial charge in [-0.2, -0.15) is 0 Å². The van der Waals surface area contributed by atoms with Crippen LogP contribution in [0.15, 0.2) is 36.7 Å². The number of ether oxygens (including phenoxy) is 1. The van der Waals surface area contributed by atoms with Gasteiger partial charge in [0, 0.05) is 13.1 Å². The molecule has 0 radical (unpaired) electrons. The van der Waals surface area contributed by atoms with Crippen molar-refractivity contribution in [2.24, 2.45) is 0 Å². The normalized spacial score (nSPS) is 10.1. The van der Waals surface area contributed by atoms with Crippen molar-refractivity contribution in [1.29, 1.82) is 0 Å². The molecule has 0 bridgehead atoms. The molecule has 3 heteroatoms. The first-order chi connectivity index (χ1) is 8.20. The van der Waals surface area contributed by atoms with E-state index >= 15 is 0 Å². The minimum atomic E-state index is 0.741. The molecule has 17 heavy (non-hydrogen) atoms. The number of nitrogens with zero attached hydrogens (tertiary/aromatic N) is 1. The smallest absolute Gasteiger partial charge is 0.147 e. The third-order valence-electron chi connectivity index (χ3n) is 2.78. The van der Waals surface area contributed by atoms with Gasteiger partial charge in [0.25, 0.3) is 0 Å². The highest BCUT2D eigenvalue weighted by atomic mass is 16.5. The zero-order chi connectivity index (χ0) is 12.3. The molecule has 0 saturated heterocycles. The molecule has 1 heterocycles. The van der Waals surface area contributed by atoms with Crippen molar-refractivity contribution in [3.63, 3.8) is 0 Å². The van der Waals surface area contributed by atoms with Gasteiger partial charge in [-0.1, -0.05) is 12.1 Å². The first kappa shape index (κ1) is 11.5. The standard InChI is InChI=1S/C14H16N2O/c1-10-5-4-6-14(11(10)2)17-13-7-12(15-3)8-16-9-13/h4-9,15H,1-3H3. The van der Waals surface area contributed by atoms with Crippen molar-refractivity contribution < 1.29 is 4.74 Å². The summed E-state index contributed by atoms with van der Waals surface area (Å²) in [6, 6.07) is 7.96. The van der Waals surface area contributed by atoms with Crippen LogP contribution in [-0.4, -0.2) is 12.0 Å². The number of hydrogen-bond donors (Lipinski definition) is 1. The van der Waals surface area contributed by atoms with E-state index in [1.165, 1.54) is 5.56 Å². The van der Waals surface area contributed by atoms with E-state index in [1.807, 2.05) is 25.2 Å². The highest BCUT2D eigenvalue weighted by molar-refractivity contribution is 5.47. The number of hydrogen-bond acceptors (Lipinski definition) is 3. The van der Waals surface area contributed by atoms with E-state index in [4.69, 9.17) is 4.74 Å². The zero-order valence-corrected chi connectivity index (χ0v) is 10.3. The van der Waals surface area contributed by atoms with Crippen LogP contribution >= 0.6 is 0 Å². The number of rotatable bonds is 3. The lowest BCUT2D eigenvalue weighted by Crippen LogP contribution is -1.93. The Bertz CT molecular complexity index is 523. The molecule has 1 N–H and O–H groups in total. The molecule has 0 aliphatic carbocycles. The third-order valence-corrected chi connectivity index (χ3v) is 2.78. The van der Waals surface area contributed by atoms with Crippen LogP contribution in [-0.2, 0) is 0 Å². The first-order valence-corrected chi connectivity index (χ1v) is 5.57. The molecule has 0 aliphatic heterocycles. The predicted octanol–water partition coefficient (Wildman–Crippen LogP) is 3.53. The van der Waals surface area contributed by atoms with Crippen LogP contribution in [0.4, 0.5) is 5.69 Å². The molecular formula is C14H16N2O. The molecule has 0 amide bonds. The summed E-state index contributed by atoms with van der Waals surface area (Å²) in [5.41, 5.74) is 3.32. The third kappa shape index (κ3) is 2.56. The van der Waals surface area contributed by atoms with E-state index in [9.17, 15) is 0 Å². The van der Waals surface area contributed by atoms with Crippen LogP contribution in [0.25, 0.3) is 0 Å². The summed E-state index contributed by atoms with van der Waals surface area (Å²) in [6.07, 6.45) is 3.47. The van der Waals surface area contributed by atoms with Crippen LogP contribution in [0.2, 0.25) is 0 Å². The molecule has 0 fully saturated rings. The largest absolute Gasteiger partial charge is 0.455 e. The van der Waals surface area contributed by atoms with E-state index in [2.05, 4.69) is 30.2 Å². The number of nitrogens with one attached hydrogen (secondary N) is 1. The molecule has 0 aliphatic rings. The molecule has 0 atom stereocenters. The predicted molar refractivity (Wildman–Crippen MR) is 69.8 cm³/mol.